The first-order chi connectivity index (χ1) is 10.8. The van der Waals surface area contributed by atoms with Crippen LogP contribution >= 0.6 is 0 Å². The zero-order valence-corrected chi connectivity index (χ0v) is 14.7. The molecule has 1 aromatic carbocycles. The molecule has 2 rings (SSSR count). The molecule has 1 aromatic rings. The van der Waals surface area contributed by atoms with E-state index >= 15 is 0 Å². The largest absolute Gasteiger partial charge is 0.490 e. The van der Waals surface area contributed by atoms with Crippen molar-refractivity contribution < 1.29 is 19.0 Å². The van der Waals surface area contributed by atoms with Crippen molar-refractivity contribution in [1.29, 1.82) is 0 Å². The minimum atomic E-state index is -0.398. The molecular weight excluding hydrogens is 294 g/mol. The summed E-state index contributed by atoms with van der Waals surface area (Å²) in [6, 6.07) is 7.39. The summed E-state index contributed by atoms with van der Waals surface area (Å²) in [5, 5.41) is 0. The number of rotatable bonds is 5. The Morgan fingerprint density at radius 3 is 2.74 bits per heavy atom. The van der Waals surface area contributed by atoms with E-state index in [4.69, 9.17) is 14.2 Å². The Morgan fingerprint density at radius 2 is 2.09 bits per heavy atom. The van der Waals surface area contributed by atoms with Crippen LogP contribution in [0.3, 0.4) is 0 Å². The predicted molar refractivity (Wildman–Crippen MR) is 88.9 cm³/mol. The third-order valence-corrected chi connectivity index (χ3v) is 3.60. The molecule has 1 amide bonds. The van der Waals surface area contributed by atoms with Gasteiger partial charge in [-0.05, 0) is 39.8 Å². The maximum atomic E-state index is 13.0. The maximum absolute atomic E-state index is 13.0. The van der Waals surface area contributed by atoms with E-state index in [-0.39, 0.29) is 18.1 Å². The lowest BCUT2D eigenvalue weighted by Gasteiger charge is -2.42. The second-order valence-electron chi connectivity index (χ2n) is 6.80. The van der Waals surface area contributed by atoms with Crippen molar-refractivity contribution in [2.75, 3.05) is 26.8 Å². The zero-order valence-electron chi connectivity index (χ0n) is 14.7. The van der Waals surface area contributed by atoms with Gasteiger partial charge >= 0.3 is 0 Å². The summed E-state index contributed by atoms with van der Waals surface area (Å²) < 4.78 is 17.0. The number of carbonyl (C=O) groups is 1. The van der Waals surface area contributed by atoms with E-state index < -0.39 is 5.60 Å². The van der Waals surface area contributed by atoms with E-state index in [1.165, 1.54) is 0 Å². The number of methoxy groups -OCH3 is 1. The number of para-hydroxylation sites is 1. The molecule has 1 aliphatic heterocycles. The second kappa shape index (κ2) is 7.32. The fourth-order valence-electron chi connectivity index (χ4n) is 2.89. The summed E-state index contributed by atoms with van der Waals surface area (Å²) in [6.45, 7) is 9.42. The lowest BCUT2D eigenvalue weighted by atomic mass is 10.0. The average molecular weight is 321 g/mol. The van der Waals surface area contributed by atoms with E-state index in [0.29, 0.717) is 31.0 Å². The Bertz CT molecular complexity index is 542. The fourth-order valence-corrected chi connectivity index (χ4v) is 2.89. The molecule has 1 saturated heterocycles. The quantitative estimate of drug-likeness (QED) is 0.837. The van der Waals surface area contributed by atoms with Crippen LogP contribution in [0.4, 0.5) is 0 Å². The summed E-state index contributed by atoms with van der Waals surface area (Å²) in [6.07, 6.45) is -0.0998. The molecule has 1 aliphatic rings. The first-order valence-electron chi connectivity index (χ1n) is 8.04. The van der Waals surface area contributed by atoms with Gasteiger partial charge in [-0.15, -0.1) is 0 Å². The monoisotopic (exact) mass is 321 g/mol. The molecule has 1 atom stereocenters. The first kappa shape index (κ1) is 17.8. The van der Waals surface area contributed by atoms with Crippen LogP contribution < -0.4 is 4.74 Å². The molecule has 23 heavy (non-hydrogen) atoms. The van der Waals surface area contributed by atoms with E-state index in [2.05, 4.69) is 0 Å². The molecule has 0 unspecified atom stereocenters. The lowest BCUT2D eigenvalue weighted by Crippen LogP contribution is -2.55. The molecule has 0 saturated carbocycles. The van der Waals surface area contributed by atoms with Gasteiger partial charge in [-0.3, -0.25) is 4.79 Å². The molecule has 0 aromatic heterocycles. The van der Waals surface area contributed by atoms with Crippen molar-refractivity contribution >= 4 is 5.91 Å². The smallest absolute Gasteiger partial charge is 0.257 e. The highest BCUT2D eigenvalue weighted by molar-refractivity contribution is 5.97. The van der Waals surface area contributed by atoms with E-state index in [1.807, 2.05) is 56.9 Å². The Kier molecular flexibility index (Phi) is 5.65. The summed E-state index contributed by atoms with van der Waals surface area (Å²) in [7, 11) is 1.64. The van der Waals surface area contributed by atoms with E-state index in [9.17, 15) is 4.79 Å². The first-order valence-corrected chi connectivity index (χ1v) is 8.04. The van der Waals surface area contributed by atoms with Gasteiger partial charge in [-0.25, -0.2) is 0 Å². The molecule has 128 valence electrons. The van der Waals surface area contributed by atoms with Gasteiger partial charge < -0.3 is 19.1 Å². The number of morpholine rings is 1. The highest BCUT2D eigenvalue weighted by atomic mass is 16.5. The van der Waals surface area contributed by atoms with Gasteiger partial charge in [-0.2, -0.15) is 0 Å². The topological polar surface area (TPSA) is 48.0 Å². The van der Waals surface area contributed by atoms with Crippen LogP contribution in [0.5, 0.6) is 5.75 Å². The Hall–Kier alpha value is -1.59. The number of hydrogen-bond donors (Lipinski definition) is 0. The summed E-state index contributed by atoms with van der Waals surface area (Å²) in [5.74, 6) is 0.596. The number of hydrogen-bond acceptors (Lipinski definition) is 4. The molecule has 5 nitrogen and oxygen atoms in total. The van der Waals surface area contributed by atoms with E-state index in [0.717, 1.165) is 0 Å². The van der Waals surface area contributed by atoms with Gasteiger partial charge in [0.2, 0.25) is 0 Å². The van der Waals surface area contributed by atoms with Crippen LogP contribution in [-0.4, -0.2) is 55.4 Å². The normalized spacial score (nSPS) is 20.6. The molecule has 0 spiro atoms. The molecule has 5 heteroatoms. The van der Waals surface area contributed by atoms with Crippen molar-refractivity contribution in [3.63, 3.8) is 0 Å². The van der Waals surface area contributed by atoms with Gasteiger partial charge in [0.05, 0.1) is 30.0 Å². The highest BCUT2D eigenvalue weighted by Gasteiger charge is 2.36. The fraction of sp³-hybridized carbons (Fsp3) is 0.611. The number of amides is 1. The van der Waals surface area contributed by atoms with E-state index in [1.54, 1.807) is 7.11 Å². The Balaban J connectivity index is 2.22. The van der Waals surface area contributed by atoms with Crippen molar-refractivity contribution in [1.82, 2.24) is 4.90 Å². The lowest BCUT2D eigenvalue weighted by molar-refractivity contribution is -0.143. The molecule has 0 bridgehead atoms. The molecule has 0 aliphatic carbocycles. The second-order valence-corrected chi connectivity index (χ2v) is 6.80. The Morgan fingerprint density at radius 1 is 1.39 bits per heavy atom. The minimum Gasteiger partial charge on any atom is -0.490 e. The number of carbonyl (C=O) groups excluding carboxylic acids is 1. The molecule has 1 fully saturated rings. The van der Waals surface area contributed by atoms with Gasteiger partial charge in [0.1, 0.15) is 5.75 Å². The molecular formula is C18H27NO4. The average Bonchev–Trinajstić information content (AvgIpc) is 2.45. The summed E-state index contributed by atoms with van der Waals surface area (Å²) >= 11 is 0. The molecule has 0 N–H and O–H groups in total. The van der Waals surface area contributed by atoms with Crippen molar-refractivity contribution in [3.8, 4) is 5.75 Å². The number of benzene rings is 1. The summed E-state index contributed by atoms with van der Waals surface area (Å²) in [5.41, 5.74) is 0.195. The third-order valence-electron chi connectivity index (χ3n) is 3.60. The van der Waals surface area contributed by atoms with Gasteiger partial charge in [-0.1, -0.05) is 12.1 Å². The maximum Gasteiger partial charge on any atom is 0.257 e. The van der Waals surface area contributed by atoms with Crippen LogP contribution in [0.25, 0.3) is 0 Å². The Labute approximate surface area is 138 Å². The molecule has 0 radical (unpaired) electrons. The summed E-state index contributed by atoms with van der Waals surface area (Å²) in [4.78, 5) is 14.8. The van der Waals surface area contributed by atoms with Crippen molar-refractivity contribution in [2.45, 2.75) is 45.5 Å². The zero-order chi connectivity index (χ0) is 17.0. The number of ether oxygens (including phenoxy) is 3. The predicted octanol–water partition coefficient (Wildman–Crippen LogP) is 2.74. The van der Waals surface area contributed by atoms with Crippen LogP contribution in [0.2, 0.25) is 0 Å². The third kappa shape index (κ3) is 4.69. The SMILES string of the molecule is COC[C@@H]1CN(C(=O)c2ccccc2OC(C)C)CC(C)(C)O1. The van der Waals surface area contributed by atoms with Crippen LogP contribution in [0.15, 0.2) is 24.3 Å². The van der Waals surface area contributed by atoms with Crippen molar-refractivity contribution in [2.24, 2.45) is 0 Å². The van der Waals surface area contributed by atoms with Crippen molar-refractivity contribution in [3.05, 3.63) is 29.8 Å². The standard InChI is InChI=1S/C18H27NO4/c1-13(2)22-16-9-7-6-8-15(16)17(20)19-10-14(11-21-5)23-18(3,4)12-19/h6-9,13-14H,10-12H2,1-5H3/t14-/m0/s1. The van der Waals surface area contributed by atoms with Gasteiger partial charge in [0.25, 0.3) is 5.91 Å². The van der Waals surface area contributed by atoms with Gasteiger partial charge in [0, 0.05) is 20.2 Å². The van der Waals surface area contributed by atoms with Crippen LogP contribution in [0.1, 0.15) is 38.1 Å². The van der Waals surface area contributed by atoms with Crippen LogP contribution in [0, 0.1) is 0 Å². The van der Waals surface area contributed by atoms with Crippen LogP contribution in [-0.2, 0) is 9.47 Å². The highest BCUT2D eigenvalue weighted by Crippen LogP contribution is 2.26. The number of nitrogens with zero attached hydrogens (tertiary/aromatic N) is 1. The molecule has 1 heterocycles. The minimum absolute atomic E-state index is 0.0197. The van der Waals surface area contributed by atoms with Gasteiger partial charge in [0.15, 0.2) is 0 Å².